The number of nitrogens with one attached hydrogen (secondary N) is 1. The minimum Gasteiger partial charge on any atom is -0.394 e. The van der Waals surface area contributed by atoms with Crippen LogP contribution >= 0.6 is 23.2 Å². The molecule has 3 N–H and O–H groups in total. The summed E-state index contributed by atoms with van der Waals surface area (Å²) in [5, 5.41) is 18.1. The Morgan fingerprint density at radius 3 is 2.50 bits per heavy atom. The maximum atomic E-state index is 11.9. The van der Waals surface area contributed by atoms with E-state index in [2.05, 4.69) is 4.72 Å². The molecule has 5 nitrogen and oxygen atoms in total. The number of aliphatic hydroxyl groups is 2. The van der Waals surface area contributed by atoms with E-state index in [4.69, 9.17) is 33.4 Å². The zero-order valence-electron chi connectivity index (χ0n) is 9.52. The SMILES string of the molecule is Cc1cc(S(=O)(=O)NCC(O)CO)c(Cl)cc1Cl. The molecule has 0 bridgehead atoms. The highest BCUT2D eigenvalue weighted by Gasteiger charge is 2.20. The second kappa shape index (κ2) is 6.18. The number of rotatable bonds is 5. The van der Waals surface area contributed by atoms with Gasteiger partial charge in [0.1, 0.15) is 4.90 Å². The first kappa shape index (κ1) is 15.7. The number of halogens is 2. The van der Waals surface area contributed by atoms with Crippen LogP contribution in [0.1, 0.15) is 5.56 Å². The summed E-state index contributed by atoms with van der Waals surface area (Å²) in [6.45, 7) is 0.826. The van der Waals surface area contributed by atoms with Crippen LogP contribution in [0.2, 0.25) is 10.0 Å². The molecule has 0 aliphatic rings. The lowest BCUT2D eigenvalue weighted by Gasteiger charge is -2.12. The van der Waals surface area contributed by atoms with E-state index in [0.29, 0.717) is 10.6 Å². The first-order valence-corrected chi connectivity index (χ1v) is 7.26. The molecule has 0 radical (unpaired) electrons. The molecule has 1 unspecified atom stereocenters. The number of hydrogen-bond donors (Lipinski definition) is 3. The molecule has 0 aliphatic heterocycles. The predicted octanol–water partition coefficient (Wildman–Crippen LogP) is 0.933. The molecule has 0 spiro atoms. The summed E-state index contributed by atoms with van der Waals surface area (Å²) >= 11 is 11.6. The Hall–Kier alpha value is -0.370. The first-order valence-electron chi connectivity index (χ1n) is 5.02. The molecule has 0 aromatic heterocycles. The summed E-state index contributed by atoms with van der Waals surface area (Å²) in [4.78, 5) is -0.115. The molecule has 1 atom stereocenters. The largest absolute Gasteiger partial charge is 0.394 e. The molecule has 0 fully saturated rings. The van der Waals surface area contributed by atoms with Crippen LogP contribution in [0.25, 0.3) is 0 Å². The Morgan fingerprint density at radius 1 is 1.33 bits per heavy atom. The zero-order chi connectivity index (χ0) is 13.9. The second-order valence-electron chi connectivity index (χ2n) is 3.72. The van der Waals surface area contributed by atoms with E-state index >= 15 is 0 Å². The zero-order valence-corrected chi connectivity index (χ0v) is 11.8. The van der Waals surface area contributed by atoms with Crippen molar-refractivity contribution in [2.24, 2.45) is 0 Å². The van der Waals surface area contributed by atoms with Crippen molar-refractivity contribution in [1.29, 1.82) is 0 Å². The highest BCUT2D eigenvalue weighted by Crippen LogP contribution is 2.27. The molecule has 1 rings (SSSR count). The molecule has 102 valence electrons. The van der Waals surface area contributed by atoms with Crippen LogP contribution in [0.5, 0.6) is 0 Å². The normalized spacial score (nSPS) is 13.6. The molecule has 1 aromatic carbocycles. The van der Waals surface area contributed by atoms with Crippen molar-refractivity contribution in [1.82, 2.24) is 4.72 Å². The average molecular weight is 314 g/mol. The highest BCUT2D eigenvalue weighted by atomic mass is 35.5. The first-order chi connectivity index (χ1) is 8.27. The van der Waals surface area contributed by atoms with Gasteiger partial charge < -0.3 is 10.2 Å². The van der Waals surface area contributed by atoms with Crippen LogP contribution in [0.3, 0.4) is 0 Å². The molecule has 1 aromatic rings. The van der Waals surface area contributed by atoms with Crippen molar-refractivity contribution in [2.45, 2.75) is 17.9 Å². The number of aryl methyl sites for hydroxylation is 1. The van der Waals surface area contributed by atoms with Gasteiger partial charge in [-0.15, -0.1) is 0 Å². The molecular weight excluding hydrogens is 301 g/mol. The van der Waals surface area contributed by atoms with Gasteiger partial charge in [0.25, 0.3) is 0 Å². The van der Waals surface area contributed by atoms with Crippen LogP contribution < -0.4 is 4.72 Å². The van der Waals surface area contributed by atoms with E-state index in [1.54, 1.807) is 6.92 Å². The third kappa shape index (κ3) is 3.81. The predicted molar refractivity (Wildman–Crippen MR) is 69.5 cm³/mol. The van der Waals surface area contributed by atoms with Crippen molar-refractivity contribution < 1.29 is 18.6 Å². The van der Waals surface area contributed by atoms with Gasteiger partial charge in [0.05, 0.1) is 17.7 Å². The molecule has 0 saturated heterocycles. The van der Waals surface area contributed by atoms with Gasteiger partial charge in [-0.1, -0.05) is 23.2 Å². The summed E-state index contributed by atoms with van der Waals surface area (Å²) < 4.78 is 26.0. The van der Waals surface area contributed by atoms with E-state index < -0.39 is 22.7 Å². The van der Waals surface area contributed by atoms with Crippen molar-refractivity contribution in [3.05, 3.63) is 27.7 Å². The molecular formula is C10H13Cl2NO4S. The Balaban J connectivity index is 3.02. The Bertz CT molecular complexity index is 533. The lowest BCUT2D eigenvalue weighted by molar-refractivity contribution is 0.0988. The average Bonchev–Trinajstić information content (AvgIpc) is 2.30. The van der Waals surface area contributed by atoms with Gasteiger partial charge in [0, 0.05) is 11.6 Å². The molecule has 0 amide bonds. The summed E-state index contributed by atoms with van der Waals surface area (Å²) in [5.41, 5.74) is 0.573. The van der Waals surface area contributed by atoms with Crippen LogP contribution in [-0.2, 0) is 10.0 Å². The quantitative estimate of drug-likeness (QED) is 0.755. The molecule has 0 heterocycles. The lowest BCUT2D eigenvalue weighted by Crippen LogP contribution is -2.34. The monoisotopic (exact) mass is 313 g/mol. The third-order valence-corrected chi connectivity index (χ3v) is 4.52. The number of aliphatic hydroxyl groups excluding tert-OH is 2. The highest BCUT2D eigenvalue weighted by molar-refractivity contribution is 7.89. The van der Waals surface area contributed by atoms with Crippen LogP contribution in [0, 0.1) is 6.92 Å². The summed E-state index contributed by atoms with van der Waals surface area (Å²) in [5.74, 6) is 0. The molecule has 18 heavy (non-hydrogen) atoms. The fourth-order valence-corrected chi connectivity index (χ4v) is 3.09. The standard InChI is InChI=1S/C10H13Cl2NO4S/c1-6-2-10(9(12)3-8(6)11)18(16,17)13-4-7(15)5-14/h2-3,7,13-15H,4-5H2,1H3. The van der Waals surface area contributed by atoms with Gasteiger partial charge in [-0.2, -0.15) is 0 Å². The molecule has 8 heteroatoms. The lowest BCUT2D eigenvalue weighted by atomic mass is 10.2. The Kier molecular flexibility index (Phi) is 5.39. The summed E-state index contributed by atoms with van der Waals surface area (Å²) in [6, 6.07) is 2.69. The van der Waals surface area contributed by atoms with Crippen molar-refractivity contribution in [3.8, 4) is 0 Å². The van der Waals surface area contributed by atoms with E-state index in [-0.39, 0.29) is 16.5 Å². The van der Waals surface area contributed by atoms with Crippen LogP contribution in [0.15, 0.2) is 17.0 Å². The van der Waals surface area contributed by atoms with Gasteiger partial charge in [-0.3, -0.25) is 0 Å². The number of sulfonamides is 1. The van der Waals surface area contributed by atoms with Crippen molar-refractivity contribution in [3.63, 3.8) is 0 Å². The van der Waals surface area contributed by atoms with Crippen LogP contribution in [0.4, 0.5) is 0 Å². The van der Waals surface area contributed by atoms with E-state index in [0.717, 1.165) is 0 Å². The fourth-order valence-electron chi connectivity index (χ4n) is 1.18. The Labute approximate surface area is 115 Å². The maximum Gasteiger partial charge on any atom is 0.242 e. The van der Waals surface area contributed by atoms with Gasteiger partial charge in [0.2, 0.25) is 10.0 Å². The van der Waals surface area contributed by atoms with Gasteiger partial charge in [0.15, 0.2) is 0 Å². The second-order valence-corrected chi connectivity index (χ2v) is 6.27. The number of benzene rings is 1. The molecule has 0 aliphatic carbocycles. The third-order valence-electron chi connectivity index (χ3n) is 2.22. The smallest absolute Gasteiger partial charge is 0.242 e. The summed E-state index contributed by atoms with van der Waals surface area (Å²) in [7, 11) is -3.85. The summed E-state index contributed by atoms with van der Waals surface area (Å²) in [6.07, 6.45) is -1.16. The Morgan fingerprint density at radius 2 is 1.94 bits per heavy atom. The van der Waals surface area contributed by atoms with Crippen molar-refractivity contribution in [2.75, 3.05) is 13.2 Å². The minimum atomic E-state index is -3.85. The number of hydrogen-bond acceptors (Lipinski definition) is 4. The fraction of sp³-hybridized carbons (Fsp3) is 0.400. The van der Waals surface area contributed by atoms with E-state index in [1.165, 1.54) is 12.1 Å². The van der Waals surface area contributed by atoms with Crippen molar-refractivity contribution >= 4 is 33.2 Å². The van der Waals surface area contributed by atoms with Gasteiger partial charge in [-0.05, 0) is 24.6 Å². The van der Waals surface area contributed by atoms with E-state index in [1.807, 2.05) is 0 Å². The van der Waals surface area contributed by atoms with Gasteiger partial charge in [-0.25, -0.2) is 13.1 Å². The van der Waals surface area contributed by atoms with Crippen LogP contribution in [-0.4, -0.2) is 37.9 Å². The topological polar surface area (TPSA) is 86.6 Å². The maximum absolute atomic E-state index is 11.9. The van der Waals surface area contributed by atoms with E-state index in [9.17, 15) is 8.42 Å². The molecule has 0 saturated carbocycles. The minimum absolute atomic E-state index is 0.00316. The van der Waals surface area contributed by atoms with Gasteiger partial charge >= 0.3 is 0 Å².